The molecule has 1 atom stereocenters. The number of ether oxygens (including phenoxy) is 2. The lowest BCUT2D eigenvalue weighted by Gasteiger charge is -2.37. The minimum Gasteiger partial charge on any atom is -0.353 e. The van der Waals surface area contributed by atoms with Crippen molar-refractivity contribution in [3.8, 4) is 0 Å². The molecule has 216 valence electrons. The van der Waals surface area contributed by atoms with Gasteiger partial charge in [0.05, 0.1) is 0 Å². The summed E-state index contributed by atoms with van der Waals surface area (Å²) in [7, 11) is 0. The molecule has 0 radical (unpaired) electrons. The van der Waals surface area contributed by atoms with Crippen LogP contribution in [0, 0.1) is 0 Å². The normalized spacial score (nSPS) is 18.6. The predicted octanol–water partition coefficient (Wildman–Crippen LogP) is 9.31. The third-order valence-electron chi connectivity index (χ3n) is 6.18. The van der Waals surface area contributed by atoms with Crippen molar-refractivity contribution in [3.05, 3.63) is 0 Å². The Hall–Kier alpha value is -0.850. The Kier molecular flexibility index (Phi) is 13.2. The molecular weight excluding hydrogens is 517 g/mol. The van der Waals surface area contributed by atoms with Crippen LogP contribution in [0.5, 0.6) is 0 Å². The van der Waals surface area contributed by atoms with Crippen LogP contribution in [-0.2, 0) is 9.47 Å². The van der Waals surface area contributed by atoms with Crippen LogP contribution < -0.4 is 0 Å². The smallest absolute Gasteiger partial charge is 0.353 e. The highest BCUT2D eigenvalue weighted by Crippen LogP contribution is 2.58. The summed E-state index contributed by atoms with van der Waals surface area (Å²) in [6.07, 6.45) is 0.563. The number of unbranched alkanes of at least 4 members (excludes halogenated alkanes) is 10. The maximum absolute atomic E-state index is 13.6. The van der Waals surface area contributed by atoms with E-state index in [4.69, 9.17) is 9.47 Å². The fraction of sp³-hybridized carbons (Fsp3) is 1.00. The van der Waals surface area contributed by atoms with Gasteiger partial charge < -0.3 is 9.47 Å². The summed E-state index contributed by atoms with van der Waals surface area (Å²) in [5.74, 6) is -27.2. The van der Waals surface area contributed by atoms with Crippen LogP contribution in [0.4, 0.5) is 48.3 Å². The Bertz CT molecular complexity index is 603. The summed E-state index contributed by atoms with van der Waals surface area (Å²) in [5.41, 5.74) is 0. The molecule has 2 nitrogen and oxygen atoms in total. The fourth-order valence-electron chi connectivity index (χ4n) is 3.86. The van der Waals surface area contributed by atoms with E-state index < -0.39 is 42.7 Å². The molecule has 0 aromatic heterocycles. The topological polar surface area (TPSA) is 18.5 Å². The van der Waals surface area contributed by atoms with Gasteiger partial charge in [-0.2, -0.15) is 48.3 Å². The molecule has 1 rings (SSSR count). The van der Waals surface area contributed by atoms with Crippen LogP contribution in [0.1, 0.15) is 96.3 Å². The zero-order chi connectivity index (χ0) is 27.5. The minimum atomic E-state index is -7.31. The van der Waals surface area contributed by atoms with E-state index in [1.165, 1.54) is 0 Å². The van der Waals surface area contributed by atoms with Gasteiger partial charge in [0, 0.05) is 19.6 Å². The van der Waals surface area contributed by atoms with E-state index in [0.717, 1.165) is 70.8 Å². The third kappa shape index (κ3) is 9.16. The minimum absolute atomic E-state index is 0.0718. The van der Waals surface area contributed by atoms with Crippen LogP contribution in [0.25, 0.3) is 0 Å². The van der Waals surface area contributed by atoms with E-state index >= 15 is 0 Å². The van der Waals surface area contributed by atoms with Crippen molar-refractivity contribution in [1.82, 2.24) is 0 Å². The van der Waals surface area contributed by atoms with Crippen molar-refractivity contribution in [2.45, 2.75) is 132 Å². The quantitative estimate of drug-likeness (QED) is 0.125. The zero-order valence-electron chi connectivity index (χ0n) is 20.1. The number of rotatable bonds is 18. The lowest BCUT2D eigenvalue weighted by atomic mass is 9.94. The molecule has 1 heterocycles. The first kappa shape index (κ1) is 33.2. The Morgan fingerprint density at radius 3 is 1.47 bits per heavy atom. The van der Waals surface area contributed by atoms with Gasteiger partial charge in [-0.15, -0.1) is 0 Å². The van der Waals surface area contributed by atoms with Gasteiger partial charge in [-0.1, -0.05) is 57.8 Å². The van der Waals surface area contributed by atoms with Crippen LogP contribution in [0.15, 0.2) is 0 Å². The molecule has 0 spiro atoms. The molecule has 0 aliphatic carbocycles. The average Bonchev–Trinajstić information content (AvgIpc) is 2.78. The second-order valence-corrected chi connectivity index (χ2v) is 9.23. The van der Waals surface area contributed by atoms with Crippen molar-refractivity contribution < 1.29 is 57.8 Å². The molecule has 1 aliphatic heterocycles. The predicted molar refractivity (Wildman–Crippen MR) is 111 cm³/mol. The van der Waals surface area contributed by atoms with Crippen LogP contribution in [0.3, 0.4) is 0 Å². The number of hydrogen-bond acceptors (Lipinski definition) is 2. The van der Waals surface area contributed by atoms with Gasteiger partial charge >= 0.3 is 29.9 Å². The van der Waals surface area contributed by atoms with Crippen LogP contribution in [0.2, 0.25) is 0 Å². The lowest BCUT2D eigenvalue weighted by Crippen LogP contribution is -2.66. The number of hydrogen-bond donors (Lipinski definition) is 0. The first-order valence-corrected chi connectivity index (χ1v) is 12.4. The van der Waals surface area contributed by atoms with Gasteiger partial charge in [0.1, 0.15) is 0 Å². The fourth-order valence-corrected chi connectivity index (χ4v) is 3.86. The molecule has 0 bridgehead atoms. The first-order valence-electron chi connectivity index (χ1n) is 12.4. The monoisotopic (exact) mass is 552 g/mol. The maximum Gasteiger partial charge on any atom is 0.460 e. The van der Waals surface area contributed by atoms with Gasteiger partial charge in [0.15, 0.2) is 6.29 Å². The van der Waals surface area contributed by atoms with Crippen molar-refractivity contribution in [2.24, 2.45) is 0 Å². The van der Waals surface area contributed by atoms with Crippen LogP contribution >= 0.6 is 0 Å². The van der Waals surface area contributed by atoms with E-state index in [9.17, 15) is 48.3 Å². The standard InChI is InChI=1S/C23H35F11O2/c24-19(25,20(26,27)21(28,29)22(30,31)23(32,33)34)15-11-8-6-4-2-1-3-5-7-9-12-16-35-18-14-10-13-17-36-18/h18H,1-17H2. The summed E-state index contributed by atoms with van der Waals surface area (Å²) in [4.78, 5) is 0. The van der Waals surface area contributed by atoms with E-state index in [2.05, 4.69) is 0 Å². The highest BCUT2D eigenvalue weighted by molar-refractivity contribution is 5.06. The average molecular weight is 553 g/mol. The molecule has 13 heteroatoms. The summed E-state index contributed by atoms with van der Waals surface area (Å²) in [6, 6.07) is 0. The van der Waals surface area contributed by atoms with E-state index in [1.807, 2.05) is 0 Å². The van der Waals surface area contributed by atoms with Crippen molar-refractivity contribution >= 4 is 0 Å². The van der Waals surface area contributed by atoms with Crippen molar-refractivity contribution in [1.29, 1.82) is 0 Å². The van der Waals surface area contributed by atoms with Gasteiger partial charge in [-0.25, -0.2) is 0 Å². The van der Waals surface area contributed by atoms with Crippen molar-refractivity contribution in [3.63, 3.8) is 0 Å². The van der Waals surface area contributed by atoms with Gasteiger partial charge in [0.25, 0.3) is 0 Å². The van der Waals surface area contributed by atoms with E-state index in [0.29, 0.717) is 19.4 Å². The largest absolute Gasteiger partial charge is 0.460 e. The second kappa shape index (κ2) is 14.3. The molecule has 1 aliphatic rings. The SMILES string of the molecule is FC(F)(F)C(F)(F)C(F)(F)C(F)(F)C(F)(F)CCCCCCCCCCCCCOC1CCCCO1. The number of alkyl halides is 11. The Balaban J connectivity index is 2.13. The summed E-state index contributed by atoms with van der Waals surface area (Å²) in [6.45, 7) is 1.39. The zero-order valence-corrected chi connectivity index (χ0v) is 20.1. The molecule has 0 N–H and O–H groups in total. The van der Waals surface area contributed by atoms with Crippen molar-refractivity contribution in [2.75, 3.05) is 13.2 Å². The van der Waals surface area contributed by atoms with Crippen LogP contribution in [-0.4, -0.2) is 49.4 Å². The van der Waals surface area contributed by atoms with E-state index in [1.54, 1.807) is 0 Å². The highest BCUT2D eigenvalue weighted by atomic mass is 19.4. The highest BCUT2D eigenvalue weighted by Gasteiger charge is 2.86. The molecule has 0 aromatic carbocycles. The molecule has 36 heavy (non-hydrogen) atoms. The van der Waals surface area contributed by atoms with E-state index in [-0.39, 0.29) is 12.7 Å². The molecular formula is C23H35F11O2. The van der Waals surface area contributed by atoms with Gasteiger partial charge in [-0.3, -0.25) is 0 Å². The molecule has 1 fully saturated rings. The molecule has 0 saturated carbocycles. The maximum atomic E-state index is 13.6. The summed E-state index contributed by atoms with van der Waals surface area (Å²) < 4.78 is 153. The van der Waals surface area contributed by atoms with Gasteiger partial charge in [-0.05, 0) is 32.1 Å². The summed E-state index contributed by atoms with van der Waals surface area (Å²) >= 11 is 0. The Morgan fingerprint density at radius 2 is 1.03 bits per heavy atom. The Labute approximate surface area is 204 Å². The molecule has 0 amide bonds. The van der Waals surface area contributed by atoms with Gasteiger partial charge in [0.2, 0.25) is 0 Å². The molecule has 1 saturated heterocycles. The molecule has 1 unspecified atom stereocenters. The molecule has 0 aromatic rings. The summed E-state index contributed by atoms with van der Waals surface area (Å²) in [5, 5.41) is 0. The number of halogens is 11. The second-order valence-electron chi connectivity index (χ2n) is 9.23. The Morgan fingerprint density at radius 1 is 0.556 bits per heavy atom. The third-order valence-corrected chi connectivity index (χ3v) is 6.18. The lowest BCUT2D eigenvalue weighted by molar-refractivity contribution is -0.422. The first-order chi connectivity index (χ1) is 16.6.